The summed E-state index contributed by atoms with van der Waals surface area (Å²) in [5.74, 6) is 0.0900. The Bertz CT molecular complexity index is 217. The number of rotatable bonds is 1. The molecule has 0 bridgehead atoms. The zero-order valence-electron chi connectivity index (χ0n) is 5.62. The minimum atomic E-state index is -2.88. The van der Waals surface area contributed by atoms with E-state index in [0.717, 1.165) is 12.7 Å². The smallest absolute Gasteiger partial charge is 0.151 e. The lowest BCUT2D eigenvalue weighted by Gasteiger charge is -2.15. The van der Waals surface area contributed by atoms with Crippen LogP contribution in [0, 0.1) is 5.92 Å². The van der Waals surface area contributed by atoms with Crippen LogP contribution in [0.4, 0.5) is 0 Å². The van der Waals surface area contributed by atoms with E-state index in [2.05, 4.69) is 0 Å². The fourth-order valence-electron chi connectivity index (χ4n) is 1.17. The Balaban J connectivity index is 2.65. The van der Waals surface area contributed by atoms with E-state index in [9.17, 15) is 13.2 Å². The molecule has 0 saturated carbocycles. The Kier molecular flexibility index (Phi) is 2.08. The second kappa shape index (κ2) is 2.70. The Morgan fingerprint density at radius 2 is 2.10 bits per heavy atom. The Labute approximate surface area is 60.3 Å². The monoisotopic (exact) mass is 162 g/mol. The van der Waals surface area contributed by atoms with Crippen LogP contribution in [-0.4, -0.2) is 26.2 Å². The molecular formula is C6H10O3S. The fourth-order valence-corrected chi connectivity index (χ4v) is 2.84. The molecular weight excluding hydrogens is 152 g/mol. The summed E-state index contributed by atoms with van der Waals surface area (Å²) >= 11 is 0. The molecule has 3 nitrogen and oxygen atoms in total. The fraction of sp³-hybridized carbons (Fsp3) is 0.833. The molecule has 1 fully saturated rings. The van der Waals surface area contributed by atoms with Crippen molar-refractivity contribution in [1.82, 2.24) is 0 Å². The van der Waals surface area contributed by atoms with Gasteiger partial charge < -0.3 is 4.79 Å². The van der Waals surface area contributed by atoms with Crippen molar-refractivity contribution in [3.8, 4) is 0 Å². The topological polar surface area (TPSA) is 51.2 Å². The maximum absolute atomic E-state index is 10.9. The molecule has 0 amide bonds. The Morgan fingerprint density at radius 3 is 2.50 bits per heavy atom. The van der Waals surface area contributed by atoms with E-state index in [1.165, 1.54) is 0 Å². The first kappa shape index (κ1) is 7.72. The lowest BCUT2D eigenvalue weighted by atomic mass is 10.1. The molecule has 0 N–H and O–H groups in total. The quantitative estimate of drug-likeness (QED) is 0.510. The van der Waals surface area contributed by atoms with Gasteiger partial charge in [-0.15, -0.1) is 0 Å². The van der Waals surface area contributed by atoms with Crippen LogP contribution in [-0.2, 0) is 14.6 Å². The second-order valence-electron chi connectivity index (χ2n) is 2.65. The molecule has 0 aliphatic carbocycles. The van der Waals surface area contributed by atoms with E-state index < -0.39 is 9.84 Å². The molecule has 1 saturated heterocycles. The average molecular weight is 162 g/mol. The first-order chi connectivity index (χ1) is 4.64. The Hall–Kier alpha value is -0.380. The van der Waals surface area contributed by atoms with E-state index >= 15 is 0 Å². The van der Waals surface area contributed by atoms with Crippen molar-refractivity contribution in [2.75, 3.05) is 11.5 Å². The maximum Gasteiger partial charge on any atom is 0.151 e. The molecule has 0 radical (unpaired) electrons. The van der Waals surface area contributed by atoms with Crippen LogP contribution >= 0.6 is 0 Å². The summed E-state index contributed by atoms with van der Waals surface area (Å²) < 4.78 is 21.7. The van der Waals surface area contributed by atoms with Crippen molar-refractivity contribution in [3.05, 3.63) is 0 Å². The highest BCUT2D eigenvalue weighted by molar-refractivity contribution is 7.91. The van der Waals surface area contributed by atoms with Crippen LogP contribution in [0.2, 0.25) is 0 Å². The number of sulfone groups is 1. The molecule has 1 unspecified atom stereocenters. The molecule has 1 aliphatic rings. The molecule has 0 aromatic rings. The SMILES string of the molecule is O=CC1CCCS(=O)(=O)C1. The van der Waals surface area contributed by atoms with Gasteiger partial charge >= 0.3 is 0 Å². The number of hydrogen-bond acceptors (Lipinski definition) is 3. The highest BCUT2D eigenvalue weighted by Crippen LogP contribution is 2.15. The lowest BCUT2D eigenvalue weighted by molar-refractivity contribution is -0.110. The minimum Gasteiger partial charge on any atom is -0.303 e. The van der Waals surface area contributed by atoms with E-state index in [4.69, 9.17) is 0 Å². The number of hydrogen-bond donors (Lipinski definition) is 0. The molecule has 0 spiro atoms. The molecule has 4 heteroatoms. The summed E-state index contributed by atoms with van der Waals surface area (Å²) in [6, 6.07) is 0. The molecule has 1 rings (SSSR count). The predicted molar refractivity (Wildman–Crippen MR) is 37.4 cm³/mol. The van der Waals surface area contributed by atoms with Gasteiger partial charge in [-0.2, -0.15) is 0 Å². The van der Waals surface area contributed by atoms with Gasteiger partial charge in [0.25, 0.3) is 0 Å². The van der Waals surface area contributed by atoms with Crippen LogP contribution in [0.5, 0.6) is 0 Å². The van der Waals surface area contributed by atoms with Crippen LogP contribution in [0.15, 0.2) is 0 Å². The summed E-state index contributed by atoms with van der Waals surface area (Å²) in [6.07, 6.45) is 2.13. The molecule has 0 aromatic carbocycles. The standard InChI is InChI=1S/C6H10O3S/c7-4-6-2-1-3-10(8,9)5-6/h4,6H,1-3,5H2. The third-order valence-corrected chi connectivity index (χ3v) is 3.54. The van der Waals surface area contributed by atoms with Crippen molar-refractivity contribution in [1.29, 1.82) is 0 Å². The molecule has 10 heavy (non-hydrogen) atoms. The van der Waals surface area contributed by atoms with Crippen LogP contribution < -0.4 is 0 Å². The van der Waals surface area contributed by atoms with E-state index in [0.29, 0.717) is 6.42 Å². The van der Waals surface area contributed by atoms with E-state index in [1.807, 2.05) is 0 Å². The average Bonchev–Trinajstić information content (AvgIpc) is 1.86. The molecule has 1 atom stereocenters. The van der Waals surface area contributed by atoms with Crippen molar-refractivity contribution in [2.24, 2.45) is 5.92 Å². The van der Waals surface area contributed by atoms with Crippen LogP contribution in [0.25, 0.3) is 0 Å². The van der Waals surface area contributed by atoms with Gasteiger partial charge in [-0.05, 0) is 12.8 Å². The predicted octanol–water partition coefficient (Wildman–Crippen LogP) is 0.0101. The van der Waals surface area contributed by atoms with Crippen molar-refractivity contribution >= 4 is 16.1 Å². The summed E-state index contributed by atoms with van der Waals surface area (Å²) in [5.41, 5.74) is 0. The normalized spacial score (nSPS) is 31.4. The van der Waals surface area contributed by atoms with Gasteiger partial charge in [-0.25, -0.2) is 8.42 Å². The lowest BCUT2D eigenvalue weighted by Crippen LogP contribution is -2.25. The zero-order chi connectivity index (χ0) is 7.61. The van der Waals surface area contributed by atoms with Gasteiger partial charge in [-0.1, -0.05) is 0 Å². The first-order valence-corrected chi connectivity index (χ1v) is 5.12. The van der Waals surface area contributed by atoms with Gasteiger partial charge in [0, 0.05) is 5.92 Å². The largest absolute Gasteiger partial charge is 0.303 e. The highest BCUT2D eigenvalue weighted by atomic mass is 32.2. The second-order valence-corrected chi connectivity index (χ2v) is 4.88. The van der Waals surface area contributed by atoms with Gasteiger partial charge in [0.1, 0.15) is 6.29 Å². The number of carbonyl (C=O) groups is 1. The third-order valence-electron chi connectivity index (χ3n) is 1.69. The van der Waals surface area contributed by atoms with Gasteiger partial charge in [0.15, 0.2) is 9.84 Å². The van der Waals surface area contributed by atoms with Crippen molar-refractivity contribution in [2.45, 2.75) is 12.8 Å². The minimum absolute atomic E-state index is 0.0660. The molecule has 58 valence electrons. The van der Waals surface area contributed by atoms with Crippen LogP contribution in [0.3, 0.4) is 0 Å². The number of aldehydes is 1. The van der Waals surface area contributed by atoms with Gasteiger partial charge in [0.05, 0.1) is 11.5 Å². The van der Waals surface area contributed by atoms with E-state index in [-0.39, 0.29) is 17.4 Å². The zero-order valence-corrected chi connectivity index (χ0v) is 6.43. The first-order valence-electron chi connectivity index (χ1n) is 3.30. The Morgan fingerprint density at radius 1 is 1.40 bits per heavy atom. The highest BCUT2D eigenvalue weighted by Gasteiger charge is 2.23. The summed E-state index contributed by atoms with van der Waals surface area (Å²) in [5, 5.41) is 0. The summed E-state index contributed by atoms with van der Waals surface area (Å²) in [4.78, 5) is 10.2. The maximum atomic E-state index is 10.9. The van der Waals surface area contributed by atoms with Crippen molar-refractivity contribution in [3.63, 3.8) is 0 Å². The van der Waals surface area contributed by atoms with E-state index in [1.54, 1.807) is 0 Å². The van der Waals surface area contributed by atoms with Gasteiger partial charge in [0.2, 0.25) is 0 Å². The summed E-state index contributed by atoms with van der Waals surface area (Å²) in [7, 11) is -2.88. The number of carbonyl (C=O) groups excluding carboxylic acids is 1. The summed E-state index contributed by atoms with van der Waals surface area (Å²) in [6.45, 7) is 0. The van der Waals surface area contributed by atoms with Crippen LogP contribution in [0.1, 0.15) is 12.8 Å². The van der Waals surface area contributed by atoms with Crippen molar-refractivity contribution < 1.29 is 13.2 Å². The third kappa shape index (κ3) is 1.80. The molecule has 1 aliphatic heterocycles. The molecule has 1 heterocycles. The van der Waals surface area contributed by atoms with Gasteiger partial charge in [-0.3, -0.25) is 0 Å². The molecule has 0 aromatic heterocycles.